The van der Waals surface area contributed by atoms with Crippen LogP contribution in [0.2, 0.25) is 5.02 Å². The van der Waals surface area contributed by atoms with Crippen molar-refractivity contribution in [2.45, 2.75) is 0 Å². The average molecular weight is 270 g/mol. The van der Waals surface area contributed by atoms with Gasteiger partial charge in [-0.25, -0.2) is 9.37 Å². The monoisotopic (exact) mass is 269 g/mol. The SMILES string of the molecule is COc1ncc(Cl)c(Oc2cc(F)ccc2N)n1. The molecule has 0 amide bonds. The number of anilines is 1. The Labute approximate surface area is 107 Å². The van der Waals surface area contributed by atoms with Crippen molar-refractivity contribution in [2.24, 2.45) is 0 Å². The van der Waals surface area contributed by atoms with Crippen LogP contribution in [-0.4, -0.2) is 17.1 Å². The Morgan fingerprint density at radius 1 is 1.39 bits per heavy atom. The van der Waals surface area contributed by atoms with Crippen LogP contribution in [0, 0.1) is 5.82 Å². The van der Waals surface area contributed by atoms with E-state index in [0.717, 1.165) is 6.07 Å². The smallest absolute Gasteiger partial charge is 0.319 e. The molecule has 0 radical (unpaired) electrons. The molecule has 2 rings (SSSR count). The number of halogens is 2. The zero-order valence-electron chi connectivity index (χ0n) is 9.35. The summed E-state index contributed by atoms with van der Waals surface area (Å²) in [6.45, 7) is 0. The molecule has 7 heteroatoms. The number of methoxy groups -OCH3 is 1. The van der Waals surface area contributed by atoms with Crippen molar-refractivity contribution in [3.63, 3.8) is 0 Å². The number of ether oxygens (including phenoxy) is 2. The van der Waals surface area contributed by atoms with E-state index in [4.69, 9.17) is 26.8 Å². The van der Waals surface area contributed by atoms with Crippen molar-refractivity contribution >= 4 is 17.3 Å². The van der Waals surface area contributed by atoms with Crippen LogP contribution in [0.25, 0.3) is 0 Å². The first-order valence-corrected chi connectivity index (χ1v) is 5.27. The standard InChI is InChI=1S/C11H9ClFN3O2/c1-17-11-15-5-7(12)10(16-11)18-9-4-6(13)2-3-8(9)14/h2-5H,14H2,1H3. The van der Waals surface area contributed by atoms with E-state index >= 15 is 0 Å². The fourth-order valence-corrected chi connectivity index (χ4v) is 1.34. The second kappa shape index (κ2) is 5.05. The first kappa shape index (κ1) is 12.4. The summed E-state index contributed by atoms with van der Waals surface area (Å²) in [6.07, 6.45) is 1.32. The Bertz CT molecular complexity index is 580. The van der Waals surface area contributed by atoms with E-state index in [1.807, 2.05) is 0 Å². The largest absolute Gasteiger partial charge is 0.467 e. The molecular weight excluding hydrogens is 261 g/mol. The Hall–Kier alpha value is -2.08. The van der Waals surface area contributed by atoms with Gasteiger partial charge in [0.15, 0.2) is 5.75 Å². The van der Waals surface area contributed by atoms with Crippen molar-refractivity contribution < 1.29 is 13.9 Å². The third-order valence-corrected chi connectivity index (χ3v) is 2.31. The van der Waals surface area contributed by atoms with E-state index in [-0.39, 0.29) is 28.3 Å². The average Bonchev–Trinajstić information content (AvgIpc) is 2.36. The second-order valence-corrected chi connectivity index (χ2v) is 3.70. The summed E-state index contributed by atoms with van der Waals surface area (Å²) in [7, 11) is 1.41. The van der Waals surface area contributed by atoms with Gasteiger partial charge < -0.3 is 15.2 Å². The molecule has 0 aliphatic heterocycles. The van der Waals surface area contributed by atoms with Gasteiger partial charge in [0.2, 0.25) is 5.88 Å². The van der Waals surface area contributed by atoms with Gasteiger partial charge in [0, 0.05) is 6.07 Å². The van der Waals surface area contributed by atoms with Gasteiger partial charge in [-0.05, 0) is 12.1 Å². The number of aromatic nitrogens is 2. The maximum Gasteiger partial charge on any atom is 0.319 e. The number of hydrogen-bond acceptors (Lipinski definition) is 5. The van der Waals surface area contributed by atoms with Gasteiger partial charge in [-0.15, -0.1) is 0 Å². The second-order valence-electron chi connectivity index (χ2n) is 3.29. The van der Waals surface area contributed by atoms with Crippen molar-refractivity contribution in [1.82, 2.24) is 9.97 Å². The number of nitrogens with zero attached hydrogens (tertiary/aromatic N) is 2. The van der Waals surface area contributed by atoms with Crippen LogP contribution in [0.15, 0.2) is 24.4 Å². The Balaban J connectivity index is 2.36. The molecule has 0 atom stereocenters. The first-order chi connectivity index (χ1) is 8.60. The molecule has 0 saturated heterocycles. The van der Waals surface area contributed by atoms with Gasteiger partial charge >= 0.3 is 6.01 Å². The summed E-state index contributed by atoms with van der Waals surface area (Å²) in [5, 5.41) is 0.166. The van der Waals surface area contributed by atoms with Crippen LogP contribution in [0.4, 0.5) is 10.1 Å². The summed E-state index contributed by atoms with van der Waals surface area (Å²) in [5.41, 5.74) is 5.92. The number of benzene rings is 1. The van der Waals surface area contributed by atoms with Gasteiger partial charge in [-0.3, -0.25) is 0 Å². The third kappa shape index (κ3) is 2.60. The predicted molar refractivity (Wildman–Crippen MR) is 64.5 cm³/mol. The van der Waals surface area contributed by atoms with Crippen LogP contribution in [-0.2, 0) is 0 Å². The number of rotatable bonds is 3. The van der Waals surface area contributed by atoms with Gasteiger partial charge in [0.25, 0.3) is 0 Å². The molecule has 0 fully saturated rings. The molecule has 18 heavy (non-hydrogen) atoms. The minimum atomic E-state index is -0.476. The summed E-state index contributed by atoms with van der Waals surface area (Å²) in [4.78, 5) is 7.68. The minimum absolute atomic E-state index is 0.0424. The van der Waals surface area contributed by atoms with Crippen LogP contribution in [0.5, 0.6) is 17.6 Å². The molecule has 0 saturated carbocycles. The first-order valence-electron chi connectivity index (χ1n) is 4.89. The van der Waals surface area contributed by atoms with Crippen molar-refractivity contribution in [1.29, 1.82) is 0 Å². The molecule has 1 heterocycles. The molecule has 2 N–H and O–H groups in total. The van der Waals surface area contributed by atoms with E-state index in [0.29, 0.717) is 0 Å². The van der Waals surface area contributed by atoms with Crippen molar-refractivity contribution in [2.75, 3.05) is 12.8 Å². The molecule has 0 unspecified atom stereocenters. The van der Waals surface area contributed by atoms with Crippen LogP contribution < -0.4 is 15.2 Å². The van der Waals surface area contributed by atoms with Crippen molar-refractivity contribution in [3.05, 3.63) is 35.2 Å². The van der Waals surface area contributed by atoms with Crippen molar-refractivity contribution in [3.8, 4) is 17.6 Å². The predicted octanol–water partition coefficient (Wildman–Crippen LogP) is 2.65. The van der Waals surface area contributed by atoms with E-state index in [9.17, 15) is 4.39 Å². The number of nitrogens with two attached hydrogens (primary N) is 1. The van der Waals surface area contributed by atoms with Crippen LogP contribution >= 0.6 is 11.6 Å². The highest BCUT2D eigenvalue weighted by atomic mass is 35.5. The molecule has 0 aliphatic carbocycles. The lowest BCUT2D eigenvalue weighted by molar-refractivity contribution is 0.366. The number of hydrogen-bond donors (Lipinski definition) is 1. The van der Waals surface area contributed by atoms with E-state index < -0.39 is 5.82 Å². The molecular formula is C11H9ClFN3O2. The van der Waals surface area contributed by atoms with Gasteiger partial charge in [-0.2, -0.15) is 4.98 Å². The highest BCUT2D eigenvalue weighted by molar-refractivity contribution is 6.31. The zero-order valence-corrected chi connectivity index (χ0v) is 10.1. The lowest BCUT2D eigenvalue weighted by Gasteiger charge is -2.09. The molecule has 1 aromatic heterocycles. The van der Waals surface area contributed by atoms with Gasteiger partial charge in [0.05, 0.1) is 19.0 Å². The number of nitrogen functional groups attached to an aromatic ring is 1. The summed E-state index contributed by atoms with van der Waals surface area (Å²) in [5.74, 6) is -0.310. The summed E-state index contributed by atoms with van der Waals surface area (Å²) >= 11 is 5.86. The molecule has 94 valence electrons. The lowest BCUT2D eigenvalue weighted by atomic mass is 10.3. The summed E-state index contributed by atoms with van der Waals surface area (Å²) < 4.78 is 23.2. The highest BCUT2D eigenvalue weighted by Gasteiger charge is 2.11. The zero-order chi connectivity index (χ0) is 13.1. The van der Waals surface area contributed by atoms with Gasteiger partial charge in [-0.1, -0.05) is 11.6 Å². The normalized spacial score (nSPS) is 10.2. The quantitative estimate of drug-likeness (QED) is 0.868. The highest BCUT2D eigenvalue weighted by Crippen LogP contribution is 2.31. The molecule has 5 nitrogen and oxygen atoms in total. The Kier molecular flexibility index (Phi) is 3.47. The van der Waals surface area contributed by atoms with E-state index in [1.165, 1.54) is 25.4 Å². The minimum Gasteiger partial charge on any atom is -0.467 e. The maximum absolute atomic E-state index is 13.1. The molecule has 0 spiro atoms. The van der Waals surface area contributed by atoms with Gasteiger partial charge in [0.1, 0.15) is 10.8 Å². The molecule has 2 aromatic rings. The van der Waals surface area contributed by atoms with E-state index in [1.54, 1.807) is 0 Å². The fourth-order valence-electron chi connectivity index (χ4n) is 1.21. The fraction of sp³-hybridized carbons (Fsp3) is 0.0909. The third-order valence-electron chi connectivity index (χ3n) is 2.05. The molecule has 0 bridgehead atoms. The van der Waals surface area contributed by atoms with Crippen LogP contribution in [0.3, 0.4) is 0 Å². The molecule has 1 aromatic carbocycles. The molecule has 0 aliphatic rings. The Morgan fingerprint density at radius 2 is 2.17 bits per heavy atom. The lowest BCUT2D eigenvalue weighted by Crippen LogP contribution is -1.98. The topological polar surface area (TPSA) is 70.3 Å². The van der Waals surface area contributed by atoms with E-state index in [2.05, 4.69) is 9.97 Å². The van der Waals surface area contributed by atoms with Crippen LogP contribution in [0.1, 0.15) is 0 Å². The summed E-state index contributed by atoms with van der Waals surface area (Å²) in [6, 6.07) is 3.84. The Morgan fingerprint density at radius 3 is 2.89 bits per heavy atom. The maximum atomic E-state index is 13.1.